The van der Waals surface area contributed by atoms with Crippen LogP contribution < -0.4 is 14.8 Å². The van der Waals surface area contributed by atoms with Crippen molar-refractivity contribution in [3.63, 3.8) is 0 Å². The Morgan fingerprint density at radius 2 is 1.74 bits per heavy atom. The molecule has 0 spiro atoms. The number of hydrogen-bond acceptors (Lipinski definition) is 4. The van der Waals surface area contributed by atoms with Gasteiger partial charge in [0.05, 0.1) is 18.8 Å². The van der Waals surface area contributed by atoms with Gasteiger partial charge in [-0.25, -0.2) is 4.39 Å². The van der Waals surface area contributed by atoms with Gasteiger partial charge in [-0.3, -0.25) is 4.79 Å². The van der Waals surface area contributed by atoms with Crippen LogP contribution in [0.1, 0.15) is 11.1 Å². The van der Waals surface area contributed by atoms with E-state index in [9.17, 15) is 14.4 Å². The topological polar surface area (TPSA) is 71.3 Å². The first-order chi connectivity index (χ1) is 16.6. The highest BCUT2D eigenvalue weighted by atomic mass is 19.1. The van der Waals surface area contributed by atoms with Crippen molar-refractivity contribution >= 4 is 34.0 Å². The summed E-state index contributed by atoms with van der Waals surface area (Å²) in [5.41, 5.74) is 2.56. The molecule has 0 aliphatic carbocycles. The molecule has 0 saturated carbocycles. The molecule has 1 amide bonds. The number of methoxy groups -OCH3 is 1. The molecule has 4 aromatic rings. The van der Waals surface area contributed by atoms with Gasteiger partial charge in [-0.15, -0.1) is 0 Å². The van der Waals surface area contributed by atoms with E-state index in [-0.39, 0.29) is 18.3 Å². The van der Waals surface area contributed by atoms with Gasteiger partial charge in [0.1, 0.15) is 5.82 Å². The Kier molecular flexibility index (Phi) is 6.85. The van der Waals surface area contributed by atoms with E-state index in [4.69, 9.17) is 9.47 Å². The third kappa shape index (κ3) is 5.40. The van der Waals surface area contributed by atoms with E-state index in [0.717, 1.165) is 21.9 Å². The van der Waals surface area contributed by atoms with Gasteiger partial charge in [-0.1, -0.05) is 42.5 Å². The molecule has 0 saturated heterocycles. The molecule has 0 aromatic heterocycles. The standard InChI is InChI=1S/C28H21FN2O3/c1-33-27-15-19(14-23(17-30)22-8-7-20-4-2-3-5-21(20)16-22)6-13-26(27)34-18-28(32)31-25-11-9-24(29)10-12-25/h2-16H,18H2,1H3,(H,31,32)/b23-14-. The summed E-state index contributed by atoms with van der Waals surface area (Å²) in [6.45, 7) is -0.247. The molecule has 6 heteroatoms. The minimum absolute atomic E-state index is 0.247. The number of carbonyl (C=O) groups excluding carboxylic acids is 1. The summed E-state index contributed by atoms with van der Waals surface area (Å²) in [5, 5.41) is 14.5. The molecule has 0 atom stereocenters. The van der Waals surface area contributed by atoms with E-state index in [2.05, 4.69) is 11.4 Å². The van der Waals surface area contributed by atoms with E-state index in [1.165, 1.54) is 31.4 Å². The van der Waals surface area contributed by atoms with Gasteiger partial charge in [-0.05, 0) is 70.4 Å². The number of rotatable bonds is 7. The van der Waals surface area contributed by atoms with Crippen LogP contribution in [-0.2, 0) is 4.79 Å². The molecule has 168 valence electrons. The lowest BCUT2D eigenvalue weighted by atomic mass is 10.00. The highest BCUT2D eigenvalue weighted by Gasteiger charge is 2.10. The summed E-state index contributed by atoms with van der Waals surface area (Å²) in [5.74, 6) is 0.0475. The number of nitrogens with zero attached hydrogens (tertiary/aromatic N) is 1. The molecular weight excluding hydrogens is 431 g/mol. The van der Waals surface area contributed by atoms with Crippen LogP contribution in [0.25, 0.3) is 22.4 Å². The maximum Gasteiger partial charge on any atom is 0.262 e. The Hall–Kier alpha value is -4.63. The minimum atomic E-state index is -0.388. The van der Waals surface area contributed by atoms with Crippen LogP contribution in [0.15, 0.2) is 84.9 Å². The van der Waals surface area contributed by atoms with Gasteiger partial charge in [0.2, 0.25) is 0 Å². The zero-order valence-corrected chi connectivity index (χ0v) is 18.4. The van der Waals surface area contributed by atoms with E-state index in [0.29, 0.717) is 22.8 Å². The highest BCUT2D eigenvalue weighted by molar-refractivity contribution is 5.94. The molecule has 0 aliphatic rings. The number of allylic oxidation sites excluding steroid dienone is 1. The second kappa shape index (κ2) is 10.3. The zero-order valence-electron chi connectivity index (χ0n) is 18.4. The van der Waals surface area contributed by atoms with Crippen molar-refractivity contribution in [2.24, 2.45) is 0 Å². The number of ether oxygens (including phenoxy) is 2. The lowest BCUT2D eigenvalue weighted by Gasteiger charge is -2.12. The number of fused-ring (bicyclic) bond motifs is 1. The Morgan fingerprint density at radius 3 is 2.47 bits per heavy atom. The molecule has 0 bridgehead atoms. The Morgan fingerprint density at radius 1 is 0.971 bits per heavy atom. The monoisotopic (exact) mass is 452 g/mol. The molecule has 1 N–H and O–H groups in total. The van der Waals surface area contributed by atoms with Crippen molar-refractivity contribution in [3.8, 4) is 17.6 Å². The maximum atomic E-state index is 13.0. The van der Waals surface area contributed by atoms with Gasteiger partial charge in [0, 0.05) is 5.69 Å². The fraction of sp³-hybridized carbons (Fsp3) is 0.0714. The zero-order chi connectivity index (χ0) is 23.9. The summed E-state index contributed by atoms with van der Waals surface area (Å²) in [4.78, 5) is 12.2. The van der Waals surface area contributed by atoms with Crippen molar-refractivity contribution < 1.29 is 18.7 Å². The van der Waals surface area contributed by atoms with E-state index < -0.39 is 0 Å². The number of amides is 1. The van der Waals surface area contributed by atoms with Crippen molar-refractivity contribution in [1.82, 2.24) is 0 Å². The molecule has 0 fully saturated rings. The van der Waals surface area contributed by atoms with Crippen LogP contribution in [0.5, 0.6) is 11.5 Å². The largest absolute Gasteiger partial charge is 0.493 e. The number of benzene rings is 4. The number of nitrogens with one attached hydrogen (secondary N) is 1. The van der Waals surface area contributed by atoms with Crippen LogP contribution in [0.3, 0.4) is 0 Å². The molecule has 0 radical (unpaired) electrons. The molecule has 0 aliphatic heterocycles. The smallest absolute Gasteiger partial charge is 0.262 e. The summed E-state index contributed by atoms with van der Waals surface area (Å²) < 4.78 is 24.0. The fourth-order valence-corrected chi connectivity index (χ4v) is 3.47. The molecule has 0 heterocycles. The predicted molar refractivity (Wildman–Crippen MR) is 131 cm³/mol. The predicted octanol–water partition coefficient (Wildman–Crippen LogP) is 6.07. The van der Waals surface area contributed by atoms with Gasteiger partial charge in [0.25, 0.3) is 5.91 Å². The fourth-order valence-electron chi connectivity index (χ4n) is 3.47. The summed E-state index contributed by atoms with van der Waals surface area (Å²) in [6.07, 6.45) is 1.78. The lowest BCUT2D eigenvalue weighted by Crippen LogP contribution is -2.20. The number of halogens is 1. The quantitative estimate of drug-likeness (QED) is 0.273. The van der Waals surface area contributed by atoms with Gasteiger partial charge in [-0.2, -0.15) is 5.26 Å². The Balaban J connectivity index is 1.49. The van der Waals surface area contributed by atoms with Crippen LogP contribution in [0.2, 0.25) is 0 Å². The first kappa shape index (κ1) is 22.6. The van der Waals surface area contributed by atoms with Crippen LogP contribution in [-0.4, -0.2) is 19.6 Å². The van der Waals surface area contributed by atoms with Gasteiger partial charge >= 0.3 is 0 Å². The number of carbonyl (C=O) groups is 1. The van der Waals surface area contributed by atoms with Gasteiger partial charge < -0.3 is 14.8 Å². The van der Waals surface area contributed by atoms with Crippen LogP contribution in [0, 0.1) is 17.1 Å². The van der Waals surface area contributed by atoms with Crippen LogP contribution >= 0.6 is 0 Å². The Labute approximate surface area is 196 Å². The first-order valence-electron chi connectivity index (χ1n) is 10.5. The average Bonchev–Trinajstić information content (AvgIpc) is 2.87. The third-order valence-electron chi connectivity index (χ3n) is 5.17. The normalized spacial score (nSPS) is 11.0. The molecule has 34 heavy (non-hydrogen) atoms. The van der Waals surface area contributed by atoms with Gasteiger partial charge in [0.15, 0.2) is 18.1 Å². The van der Waals surface area contributed by atoms with E-state index in [1.54, 1.807) is 24.3 Å². The SMILES string of the molecule is COc1cc(/C=C(/C#N)c2ccc3ccccc3c2)ccc1OCC(=O)Nc1ccc(F)cc1. The third-order valence-corrected chi connectivity index (χ3v) is 5.17. The number of hydrogen-bond donors (Lipinski definition) is 1. The summed E-state index contributed by atoms with van der Waals surface area (Å²) >= 11 is 0. The molecule has 5 nitrogen and oxygen atoms in total. The first-order valence-corrected chi connectivity index (χ1v) is 10.5. The summed E-state index contributed by atoms with van der Waals surface area (Å²) in [7, 11) is 1.50. The molecular formula is C28H21FN2O3. The van der Waals surface area contributed by atoms with Crippen molar-refractivity contribution in [1.29, 1.82) is 5.26 Å². The highest BCUT2D eigenvalue weighted by Crippen LogP contribution is 2.30. The van der Waals surface area contributed by atoms with E-state index >= 15 is 0 Å². The number of anilines is 1. The average molecular weight is 452 g/mol. The minimum Gasteiger partial charge on any atom is -0.493 e. The molecule has 4 rings (SSSR count). The van der Waals surface area contributed by atoms with Crippen molar-refractivity contribution in [2.75, 3.05) is 19.0 Å². The Bertz CT molecular complexity index is 1410. The molecule has 0 unspecified atom stereocenters. The van der Waals surface area contributed by atoms with Crippen molar-refractivity contribution in [2.45, 2.75) is 0 Å². The second-order valence-electron chi connectivity index (χ2n) is 7.49. The van der Waals surface area contributed by atoms with Crippen molar-refractivity contribution in [3.05, 3.63) is 102 Å². The second-order valence-corrected chi connectivity index (χ2v) is 7.49. The molecule has 4 aromatic carbocycles. The lowest BCUT2D eigenvalue weighted by molar-refractivity contribution is -0.118. The van der Waals surface area contributed by atoms with Crippen LogP contribution in [0.4, 0.5) is 10.1 Å². The number of nitriles is 1. The van der Waals surface area contributed by atoms with E-state index in [1.807, 2.05) is 42.5 Å². The summed E-state index contributed by atoms with van der Waals surface area (Å²) in [6, 6.07) is 26.8. The maximum absolute atomic E-state index is 13.0.